The van der Waals surface area contributed by atoms with Gasteiger partial charge in [-0.2, -0.15) is 0 Å². The molecule has 0 aliphatic carbocycles. The second kappa shape index (κ2) is 4.10. The number of carboxylic acid groups (broad SMARTS) is 1. The molecule has 1 heterocycles. The van der Waals surface area contributed by atoms with Gasteiger partial charge in [-0.15, -0.1) is 0 Å². The van der Waals surface area contributed by atoms with Crippen LogP contribution in [0.15, 0.2) is 36.5 Å². The molecule has 0 spiro atoms. The number of ether oxygens (including phenoxy) is 1. The normalized spacial score (nSPS) is 9.87. The molecule has 0 bridgehead atoms. The van der Waals surface area contributed by atoms with Crippen molar-refractivity contribution in [3.8, 4) is 15.6 Å². The van der Waals surface area contributed by atoms with Crippen molar-refractivity contribution >= 4 is 17.5 Å². The van der Waals surface area contributed by atoms with Crippen LogP contribution in [-0.4, -0.2) is 16.2 Å². The lowest BCUT2D eigenvalue weighted by molar-refractivity contribution is 0.146. The first kappa shape index (κ1) is 9.67. The topological polar surface area (TPSA) is 59.4 Å². The van der Waals surface area contributed by atoms with Crippen molar-refractivity contribution in [3.63, 3.8) is 0 Å². The van der Waals surface area contributed by atoms with Gasteiger partial charge in [0.1, 0.15) is 5.01 Å². The number of benzene rings is 1. The highest BCUT2D eigenvalue weighted by Crippen LogP contribution is 2.29. The van der Waals surface area contributed by atoms with E-state index in [0.29, 0.717) is 0 Å². The molecule has 76 valence electrons. The molecule has 0 fully saturated rings. The van der Waals surface area contributed by atoms with Gasteiger partial charge in [-0.1, -0.05) is 41.7 Å². The van der Waals surface area contributed by atoms with E-state index in [1.807, 2.05) is 30.3 Å². The van der Waals surface area contributed by atoms with Crippen LogP contribution < -0.4 is 4.74 Å². The molecule has 0 saturated heterocycles. The Morgan fingerprint density at radius 3 is 2.73 bits per heavy atom. The van der Waals surface area contributed by atoms with Gasteiger partial charge in [0, 0.05) is 5.56 Å². The van der Waals surface area contributed by atoms with Crippen molar-refractivity contribution in [2.45, 2.75) is 0 Å². The van der Waals surface area contributed by atoms with E-state index in [1.54, 1.807) is 0 Å². The van der Waals surface area contributed by atoms with Crippen LogP contribution in [0.3, 0.4) is 0 Å². The van der Waals surface area contributed by atoms with Crippen molar-refractivity contribution < 1.29 is 14.6 Å². The number of hydrogen-bond acceptors (Lipinski definition) is 4. The van der Waals surface area contributed by atoms with Crippen LogP contribution in [0, 0.1) is 0 Å². The lowest BCUT2D eigenvalue weighted by Crippen LogP contribution is -2.00. The summed E-state index contributed by atoms with van der Waals surface area (Å²) < 4.78 is 4.49. The molecule has 2 rings (SSSR count). The summed E-state index contributed by atoms with van der Waals surface area (Å²) in [6.07, 6.45) is 0.0828. The van der Waals surface area contributed by atoms with E-state index in [2.05, 4.69) is 9.72 Å². The Bertz CT molecular complexity index is 467. The quantitative estimate of drug-likeness (QED) is 0.792. The van der Waals surface area contributed by atoms with Gasteiger partial charge in [-0.25, -0.2) is 9.78 Å². The molecule has 1 aromatic heterocycles. The zero-order valence-electron chi connectivity index (χ0n) is 7.58. The van der Waals surface area contributed by atoms with Crippen LogP contribution >= 0.6 is 11.3 Å². The van der Waals surface area contributed by atoms with Crippen LogP contribution in [0.4, 0.5) is 4.79 Å². The molecule has 0 radical (unpaired) electrons. The minimum atomic E-state index is -1.32. The van der Waals surface area contributed by atoms with E-state index < -0.39 is 6.16 Å². The van der Waals surface area contributed by atoms with Crippen LogP contribution in [-0.2, 0) is 0 Å². The molecule has 0 saturated carbocycles. The third-order valence-electron chi connectivity index (χ3n) is 1.69. The Morgan fingerprint density at radius 1 is 1.33 bits per heavy atom. The van der Waals surface area contributed by atoms with Gasteiger partial charge in [0.05, 0.1) is 6.20 Å². The fourth-order valence-corrected chi connectivity index (χ4v) is 1.88. The third-order valence-corrected chi connectivity index (χ3v) is 2.62. The molecule has 2 aromatic rings. The maximum Gasteiger partial charge on any atom is 0.512 e. The Hall–Kier alpha value is -1.88. The molecule has 0 aliphatic heterocycles. The summed E-state index contributed by atoms with van der Waals surface area (Å²) in [4.78, 5) is 14.3. The van der Waals surface area contributed by atoms with Gasteiger partial charge in [-0.3, -0.25) is 0 Å². The molecular formula is C10H7NO3S. The fraction of sp³-hybridized carbons (Fsp3) is 0. The van der Waals surface area contributed by atoms with Gasteiger partial charge < -0.3 is 9.84 Å². The van der Waals surface area contributed by atoms with E-state index in [-0.39, 0.29) is 5.06 Å². The van der Waals surface area contributed by atoms with E-state index in [1.165, 1.54) is 17.5 Å². The fourth-order valence-electron chi connectivity index (χ4n) is 1.11. The Labute approximate surface area is 89.8 Å². The molecule has 0 aliphatic rings. The predicted octanol–water partition coefficient (Wildman–Crippen LogP) is 2.87. The van der Waals surface area contributed by atoms with Crippen LogP contribution in [0.25, 0.3) is 10.6 Å². The maximum atomic E-state index is 10.3. The summed E-state index contributed by atoms with van der Waals surface area (Å²) in [6, 6.07) is 9.52. The average molecular weight is 221 g/mol. The first-order valence-electron chi connectivity index (χ1n) is 4.18. The van der Waals surface area contributed by atoms with Crippen LogP contribution in [0.2, 0.25) is 0 Å². The van der Waals surface area contributed by atoms with Crippen LogP contribution in [0.5, 0.6) is 5.06 Å². The number of hydrogen-bond donors (Lipinski definition) is 1. The van der Waals surface area contributed by atoms with Crippen molar-refractivity contribution in [1.29, 1.82) is 0 Å². The molecule has 1 N–H and O–H groups in total. The van der Waals surface area contributed by atoms with Crippen molar-refractivity contribution in [2.75, 3.05) is 0 Å². The second-order valence-electron chi connectivity index (χ2n) is 2.72. The average Bonchev–Trinajstić information content (AvgIpc) is 2.67. The summed E-state index contributed by atoms with van der Waals surface area (Å²) in [5.74, 6) is 0. The predicted molar refractivity (Wildman–Crippen MR) is 56.2 cm³/mol. The van der Waals surface area contributed by atoms with Gasteiger partial charge in [-0.05, 0) is 0 Å². The first-order chi connectivity index (χ1) is 7.25. The smallest absolute Gasteiger partial charge is 0.449 e. The van der Waals surface area contributed by atoms with Crippen molar-refractivity contribution in [2.24, 2.45) is 0 Å². The molecule has 15 heavy (non-hydrogen) atoms. The Kier molecular flexibility index (Phi) is 2.64. The van der Waals surface area contributed by atoms with Gasteiger partial charge in [0.2, 0.25) is 5.06 Å². The van der Waals surface area contributed by atoms with E-state index in [9.17, 15) is 4.79 Å². The zero-order valence-corrected chi connectivity index (χ0v) is 8.40. The molecule has 1 aromatic carbocycles. The first-order valence-corrected chi connectivity index (χ1v) is 4.99. The summed E-state index contributed by atoms with van der Waals surface area (Å²) in [5.41, 5.74) is 0.947. The molecule has 0 amide bonds. The lowest BCUT2D eigenvalue weighted by Gasteiger charge is -1.93. The lowest BCUT2D eigenvalue weighted by atomic mass is 10.2. The summed E-state index contributed by atoms with van der Waals surface area (Å²) in [7, 11) is 0. The number of aromatic nitrogens is 1. The monoisotopic (exact) mass is 221 g/mol. The SMILES string of the molecule is O=C(O)Oc1cnc(-c2ccccc2)s1. The second-order valence-corrected chi connectivity index (χ2v) is 3.71. The van der Waals surface area contributed by atoms with E-state index >= 15 is 0 Å². The standard InChI is InChI=1S/C10H7NO3S/c12-10(13)14-8-6-11-9(15-8)7-4-2-1-3-5-7/h1-6H,(H,12,13). The van der Waals surface area contributed by atoms with Crippen molar-refractivity contribution in [3.05, 3.63) is 36.5 Å². The summed E-state index contributed by atoms with van der Waals surface area (Å²) in [6.45, 7) is 0. The van der Waals surface area contributed by atoms with E-state index in [4.69, 9.17) is 5.11 Å². The highest BCUT2D eigenvalue weighted by Gasteiger charge is 2.07. The summed E-state index contributed by atoms with van der Waals surface area (Å²) >= 11 is 1.20. The molecular weight excluding hydrogens is 214 g/mol. The maximum absolute atomic E-state index is 10.3. The number of rotatable bonds is 2. The molecule has 0 unspecified atom stereocenters. The molecule has 4 nitrogen and oxygen atoms in total. The zero-order chi connectivity index (χ0) is 10.7. The summed E-state index contributed by atoms with van der Waals surface area (Å²) in [5, 5.41) is 9.42. The minimum absolute atomic E-state index is 0.279. The van der Waals surface area contributed by atoms with Crippen molar-refractivity contribution in [1.82, 2.24) is 4.98 Å². The van der Waals surface area contributed by atoms with Gasteiger partial charge >= 0.3 is 6.16 Å². The minimum Gasteiger partial charge on any atom is -0.449 e. The van der Waals surface area contributed by atoms with Gasteiger partial charge in [0.25, 0.3) is 0 Å². The Morgan fingerprint density at radius 2 is 2.07 bits per heavy atom. The number of thiazole rings is 1. The van der Waals surface area contributed by atoms with Crippen LogP contribution in [0.1, 0.15) is 0 Å². The highest BCUT2D eigenvalue weighted by atomic mass is 32.1. The molecule has 5 heteroatoms. The Balaban J connectivity index is 2.24. The highest BCUT2D eigenvalue weighted by molar-refractivity contribution is 7.16. The van der Waals surface area contributed by atoms with E-state index in [0.717, 1.165) is 10.6 Å². The largest absolute Gasteiger partial charge is 0.512 e. The molecule has 0 atom stereocenters. The number of nitrogens with zero attached hydrogens (tertiary/aromatic N) is 1. The van der Waals surface area contributed by atoms with Gasteiger partial charge in [0.15, 0.2) is 0 Å². The third kappa shape index (κ3) is 2.32. The number of carbonyl (C=O) groups is 1.